The van der Waals surface area contributed by atoms with E-state index in [4.69, 9.17) is 15.2 Å². The highest BCUT2D eigenvalue weighted by atomic mass is 31.2. The lowest BCUT2D eigenvalue weighted by atomic mass is 10.2. The van der Waals surface area contributed by atoms with E-state index in [1.54, 1.807) is 0 Å². The lowest BCUT2D eigenvalue weighted by Crippen LogP contribution is -2.15. The average Bonchev–Trinajstić information content (AvgIpc) is 1.84. The SMILES string of the molecule is CCC(CCN)OP(C)(=O)O. The van der Waals surface area contributed by atoms with Crippen LogP contribution in [0.15, 0.2) is 0 Å². The van der Waals surface area contributed by atoms with Crippen LogP contribution in [0.4, 0.5) is 0 Å². The largest absolute Gasteiger partial charge is 0.330 e. The average molecular weight is 181 g/mol. The quantitative estimate of drug-likeness (QED) is 0.619. The summed E-state index contributed by atoms with van der Waals surface area (Å²) in [6, 6.07) is 0. The number of rotatable bonds is 5. The minimum absolute atomic E-state index is 0.180. The van der Waals surface area contributed by atoms with Gasteiger partial charge in [-0.3, -0.25) is 4.57 Å². The molecule has 4 nitrogen and oxygen atoms in total. The van der Waals surface area contributed by atoms with Crippen molar-refractivity contribution in [2.75, 3.05) is 13.2 Å². The minimum atomic E-state index is -3.32. The molecule has 11 heavy (non-hydrogen) atoms. The summed E-state index contributed by atoms with van der Waals surface area (Å²) < 4.78 is 15.6. The molecule has 0 aliphatic heterocycles. The standard InChI is InChI=1S/C6H16NO3P/c1-3-6(4-5-7)10-11(2,8)9/h6H,3-5,7H2,1-2H3,(H,8,9). The van der Waals surface area contributed by atoms with Crippen LogP contribution in [0.2, 0.25) is 0 Å². The first-order valence-corrected chi connectivity index (χ1v) is 5.70. The van der Waals surface area contributed by atoms with Crippen molar-refractivity contribution in [2.24, 2.45) is 5.73 Å². The first kappa shape index (κ1) is 11.1. The monoisotopic (exact) mass is 181 g/mol. The van der Waals surface area contributed by atoms with E-state index in [2.05, 4.69) is 0 Å². The molecular weight excluding hydrogens is 165 g/mol. The molecule has 3 N–H and O–H groups in total. The first-order valence-electron chi connectivity index (χ1n) is 3.68. The maximum atomic E-state index is 10.8. The van der Waals surface area contributed by atoms with Gasteiger partial charge in [-0.15, -0.1) is 0 Å². The van der Waals surface area contributed by atoms with E-state index in [9.17, 15) is 4.57 Å². The van der Waals surface area contributed by atoms with Gasteiger partial charge < -0.3 is 15.2 Å². The fourth-order valence-electron chi connectivity index (χ4n) is 0.794. The third kappa shape index (κ3) is 6.51. The Morgan fingerprint density at radius 1 is 1.73 bits per heavy atom. The molecule has 2 unspecified atom stereocenters. The second kappa shape index (κ2) is 4.88. The predicted molar refractivity (Wildman–Crippen MR) is 44.6 cm³/mol. The lowest BCUT2D eigenvalue weighted by molar-refractivity contribution is 0.166. The first-order chi connectivity index (χ1) is 4.99. The smallest absolute Gasteiger partial charge is 0.325 e. The van der Waals surface area contributed by atoms with Gasteiger partial charge in [0, 0.05) is 6.66 Å². The molecule has 5 heteroatoms. The molecule has 0 aromatic carbocycles. The van der Waals surface area contributed by atoms with Crippen molar-refractivity contribution >= 4 is 7.60 Å². The summed E-state index contributed by atoms with van der Waals surface area (Å²) >= 11 is 0. The van der Waals surface area contributed by atoms with Gasteiger partial charge in [-0.25, -0.2) is 0 Å². The highest BCUT2D eigenvalue weighted by molar-refractivity contribution is 7.51. The van der Waals surface area contributed by atoms with Crippen LogP contribution in [-0.2, 0) is 9.09 Å². The Bertz CT molecular complexity index is 145. The van der Waals surface area contributed by atoms with E-state index < -0.39 is 7.60 Å². The number of hydrogen-bond acceptors (Lipinski definition) is 3. The molecule has 0 amide bonds. The second-order valence-electron chi connectivity index (χ2n) is 2.52. The van der Waals surface area contributed by atoms with Crippen molar-refractivity contribution in [3.8, 4) is 0 Å². The summed E-state index contributed by atoms with van der Waals surface area (Å²) in [7, 11) is -3.32. The topological polar surface area (TPSA) is 72.5 Å². The zero-order chi connectivity index (χ0) is 8.91. The van der Waals surface area contributed by atoms with Crippen LogP contribution in [0, 0.1) is 0 Å². The van der Waals surface area contributed by atoms with Gasteiger partial charge in [-0.05, 0) is 19.4 Å². The van der Waals surface area contributed by atoms with Crippen LogP contribution in [0.3, 0.4) is 0 Å². The van der Waals surface area contributed by atoms with Crippen LogP contribution in [-0.4, -0.2) is 24.2 Å². The van der Waals surface area contributed by atoms with Crippen molar-refractivity contribution in [3.05, 3.63) is 0 Å². The van der Waals surface area contributed by atoms with Gasteiger partial charge in [-0.2, -0.15) is 0 Å². The van der Waals surface area contributed by atoms with E-state index in [0.29, 0.717) is 13.0 Å². The van der Waals surface area contributed by atoms with Crippen LogP contribution in [0.25, 0.3) is 0 Å². The van der Waals surface area contributed by atoms with Crippen LogP contribution in [0.5, 0.6) is 0 Å². The molecule has 0 bridgehead atoms. The van der Waals surface area contributed by atoms with E-state index in [1.807, 2.05) is 6.92 Å². The van der Waals surface area contributed by atoms with Crippen LogP contribution in [0.1, 0.15) is 19.8 Å². The summed E-state index contributed by atoms with van der Waals surface area (Å²) in [5, 5.41) is 0. The second-order valence-corrected chi connectivity index (χ2v) is 4.33. The van der Waals surface area contributed by atoms with E-state index in [0.717, 1.165) is 6.42 Å². The third-order valence-corrected chi connectivity index (χ3v) is 1.98. The van der Waals surface area contributed by atoms with Gasteiger partial charge in [0.2, 0.25) is 0 Å². The van der Waals surface area contributed by atoms with Gasteiger partial charge in [0.25, 0.3) is 0 Å². The molecule has 0 saturated heterocycles. The molecule has 0 aliphatic rings. The summed E-state index contributed by atoms with van der Waals surface area (Å²) in [4.78, 5) is 8.84. The third-order valence-electron chi connectivity index (χ3n) is 1.29. The van der Waals surface area contributed by atoms with Crippen molar-refractivity contribution in [2.45, 2.75) is 25.9 Å². The normalized spacial score (nSPS) is 19.3. The molecule has 0 heterocycles. The Morgan fingerprint density at radius 2 is 2.27 bits per heavy atom. The fraction of sp³-hybridized carbons (Fsp3) is 1.00. The predicted octanol–water partition coefficient (Wildman–Crippen LogP) is 0.946. The van der Waals surface area contributed by atoms with Crippen LogP contribution >= 0.6 is 7.60 Å². The molecule has 0 aromatic heterocycles. The van der Waals surface area contributed by atoms with E-state index in [-0.39, 0.29) is 6.10 Å². The molecule has 0 radical (unpaired) electrons. The van der Waals surface area contributed by atoms with Crippen molar-refractivity contribution in [3.63, 3.8) is 0 Å². The van der Waals surface area contributed by atoms with E-state index in [1.165, 1.54) is 6.66 Å². The maximum absolute atomic E-state index is 10.8. The Hall–Kier alpha value is 0.110. The Labute approximate surface area is 67.3 Å². The minimum Gasteiger partial charge on any atom is -0.330 e. The van der Waals surface area contributed by atoms with Crippen molar-refractivity contribution < 1.29 is 14.0 Å². The summed E-state index contributed by atoms with van der Waals surface area (Å²) in [5.41, 5.74) is 5.27. The lowest BCUT2D eigenvalue weighted by Gasteiger charge is -2.16. The molecule has 0 aromatic rings. The van der Waals surface area contributed by atoms with Gasteiger partial charge >= 0.3 is 7.60 Å². The van der Waals surface area contributed by atoms with Gasteiger partial charge in [0.1, 0.15) is 0 Å². The zero-order valence-corrected chi connectivity index (χ0v) is 7.88. The highest BCUT2D eigenvalue weighted by Gasteiger charge is 2.16. The van der Waals surface area contributed by atoms with Crippen LogP contribution < -0.4 is 5.73 Å². The molecule has 0 fully saturated rings. The van der Waals surface area contributed by atoms with Crippen molar-refractivity contribution in [1.29, 1.82) is 0 Å². The molecule has 0 aliphatic carbocycles. The molecule has 2 atom stereocenters. The summed E-state index contributed by atoms with van der Waals surface area (Å²) in [5.74, 6) is 0. The molecule has 0 rings (SSSR count). The number of nitrogens with two attached hydrogens (primary N) is 1. The Kier molecular flexibility index (Phi) is 4.93. The maximum Gasteiger partial charge on any atom is 0.325 e. The zero-order valence-electron chi connectivity index (χ0n) is 6.99. The Morgan fingerprint density at radius 3 is 2.55 bits per heavy atom. The summed E-state index contributed by atoms with van der Waals surface area (Å²) in [6.45, 7) is 3.57. The summed E-state index contributed by atoms with van der Waals surface area (Å²) in [6.07, 6.45) is 1.17. The molecule has 0 spiro atoms. The molecule has 0 saturated carbocycles. The molecular formula is C6H16NO3P. The van der Waals surface area contributed by atoms with Gasteiger partial charge in [-0.1, -0.05) is 6.92 Å². The van der Waals surface area contributed by atoms with Gasteiger partial charge in [0.05, 0.1) is 6.10 Å². The fourth-order valence-corrected chi connectivity index (χ4v) is 1.60. The Balaban J connectivity index is 3.78. The van der Waals surface area contributed by atoms with Crippen molar-refractivity contribution in [1.82, 2.24) is 0 Å². The van der Waals surface area contributed by atoms with Gasteiger partial charge in [0.15, 0.2) is 0 Å². The number of hydrogen-bond donors (Lipinski definition) is 2. The highest BCUT2D eigenvalue weighted by Crippen LogP contribution is 2.39. The van der Waals surface area contributed by atoms with E-state index >= 15 is 0 Å². The molecule has 68 valence electrons.